The Morgan fingerprint density at radius 1 is 1.89 bits per heavy atom. The average molecular weight is 130 g/mol. The van der Waals surface area contributed by atoms with E-state index in [0.717, 1.165) is 10.9 Å². The third kappa shape index (κ3) is 0.758. The van der Waals surface area contributed by atoms with Gasteiger partial charge in [0.15, 0.2) is 0 Å². The largest absolute Gasteiger partial charge is 0.491 e. The maximum atomic E-state index is 10.5. The highest BCUT2D eigenvalue weighted by Crippen LogP contribution is 1.97. The molecule has 0 atom stereocenters. The summed E-state index contributed by atoms with van der Waals surface area (Å²) in [6.07, 6.45) is 1.14. The van der Waals surface area contributed by atoms with E-state index in [2.05, 4.69) is 9.82 Å². The lowest BCUT2D eigenvalue weighted by atomic mass is 10.9. The Balaban J connectivity index is 3.23. The molecule has 0 aromatic carbocycles. The van der Waals surface area contributed by atoms with Crippen LogP contribution in [0.3, 0.4) is 0 Å². The summed E-state index contributed by atoms with van der Waals surface area (Å²) in [5.74, 6) is -0.234. The van der Waals surface area contributed by atoms with E-state index in [4.69, 9.17) is 5.11 Å². The molecule has 9 heavy (non-hydrogen) atoms. The second-order valence-corrected chi connectivity index (χ2v) is 1.43. The van der Waals surface area contributed by atoms with Crippen LogP contribution in [-0.2, 0) is 0 Å². The number of hydrogen-bond donors (Lipinski definition) is 2. The third-order valence-corrected chi connectivity index (χ3v) is 0.900. The van der Waals surface area contributed by atoms with Crippen molar-refractivity contribution in [3.05, 3.63) is 16.7 Å². The number of aromatic amines is 1. The van der Waals surface area contributed by atoms with E-state index >= 15 is 0 Å². The van der Waals surface area contributed by atoms with Gasteiger partial charge in [-0.05, 0) is 0 Å². The Kier molecular flexibility index (Phi) is 1.18. The molecule has 1 aromatic rings. The second-order valence-electron chi connectivity index (χ2n) is 1.43. The van der Waals surface area contributed by atoms with Crippen molar-refractivity contribution in [1.82, 2.24) is 9.71 Å². The number of aromatic nitrogens is 2. The van der Waals surface area contributed by atoms with E-state index in [1.54, 1.807) is 0 Å². The summed E-state index contributed by atoms with van der Waals surface area (Å²) in [5, 5.41) is 8.74. The van der Waals surface area contributed by atoms with E-state index in [1.165, 1.54) is 7.11 Å². The Morgan fingerprint density at radius 2 is 2.56 bits per heavy atom. The lowest BCUT2D eigenvalue weighted by Crippen LogP contribution is -2.21. The van der Waals surface area contributed by atoms with Crippen molar-refractivity contribution in [1.29, 1.82) is 0 Å². The van der Waals surface area contributed by atoms with Crippen LogP contribution in [0.1, 0.15) is 0 Å². The molecule has 1 heterocycles. The number of nitrogens with one attached hydrogen (secondary N) is 1. The molecule has 0 spiro atoms. The number of hydrogen-bond acceptors (Lipinski definition) is 3. The van der Waals surface area contributed by atoms with Gasteiger partial charge in [-0.1, -0.05) is 4.73 Å². The molecule has 0 aliphatic carbocycles. The number of H-pyrrole nitrogens is 1. The first kappa shape index (κ1) is 5.74. The lowest BCUT2D eigenvalue weighted by molar-refractivity contribution is 0.133. The highest BCUT2D eigenvalue weighted by molar-refractivity contribution is 5.00. The minimum atomic E-state index is -0.491. The smallest absolute Gasteiger partial charge is 0.362 e. The number of rotatable bonds is 1. The van der Waals surface area contributed by atoms with Crippen LogP contribution in [0, 0.1) is 0 Å². The van der Waals surface area contributed by atoms with Gasteiger partial charge in [-0.25, -0.2) is 4.79 Å². The highest BCUT2D eigenvalue weighted by atomic mass is 16.7. The number of nitrogens with zero attached hydrogens (tertiary/aromatic N) is 1. The molecule has 0 aliphatic heterocycles. The summed E-state index contributed by atoms with van der Waals surface area (Å²) >= 11 is 0. The Labute approximate surface area is 50.5 Å². The zero-order valence-electron chi connectivity index (χ0n) is 4.79. The van der Waals surface area contributed by atoms with Crippen LogP contribution in [0.15, 0.2) is 11.0 Å². The molecule has 50 valence electrons. The van der Waals surface area contributed by atoms with Gasteiger partial charge in [-0.2, -0.15) is 0 Å². The van der Waals surface area contributed by atoms with E-state index in [-0.39, 0.29) is 5.88 Å². The molecule has 0 amide bonds. The molecule has 0 bridgehead atoms. The van der Waals surface area contributed by atoms with E-state index in [9.17, 15) is 4.79 Å². The molecule has 1 aromatic heterocycles. The monoisotopic (exact) mass is 130 g/mol. The molecule has 5 nitrogen and oxygen atoms in total. The number of aromatic hydroxyl groups is 1. The molecular weight excluding hydrogens is 124 g/mol. The quantitative estimate of drug-likeness (QED) is 0.509. The normalized spacial score (nSPS) is 9.44. The van der Waals surface area contributed by atoms with Crippen molar-refractivity contribution < 1.29 is 9.94 Å². The minimum Gasteiger partial charge on any atom is -0.491 e. The summed E-state index contributed by atoms with van der Waals surface area (Å²) < 4.78 is 0.736. The summed E-state index contributed by atoms with van der Waals surface area (Å²) in [6.45, 7) is 0. The van der Waals surface area contributed by atoms with E-state index in [0.29, 0.717) is 0 Å². The van der Waals surface area contributed by atoms with Gasteiger partial charge in [0.1, 0.15) is 7.11 Å². The molecular formula is C4H6N2O3. The molecule has 0 saturated carbocycles. The maximum Gasteiger partial charge on any atom is 0.362 e. The van der Waals surface area contributed by atoms with Crippen molar-refractivity contribution in [2.24, 2.45) is 0 Å². The molecule has 0 radical (unpaired) electrons. The van der Waals surface area contributed by atoms with Crippen LogP contribution >= 0.6 is 0 Å². The first-order chi connectivity index (χ1) is 4.25. The summed E-state index contributed by atoms with van der Waals surface area (Å²) in [4.78, 5) is 17.2. The summed E-state index contributed by atoms with van der Waals surface area (Å²) in [5.41, 5.74) is -0.491. The zero-order chi connectivity index (χ0) is 6.85. The van der Waals surface area contributed by atoms with Crippen LogP contribution in [0.25, 0.3) is 0 Å². The standard InChI is InChI=1S/C4H6N2O3/c1-9-6-3(7)2-5-4(6)8/h2,7H,1H3,(H,5,8). The van der Waals surface area contributed by atoms with Crippen molar-refractivity contribution >= 4 is 0 Å². The summed E-state index contributed by atoms with van der Waals surface area (Å²) in [6, 6.07) is 0. The van der Waals surface area contributed by atoms with Crippen LogP contribution in [0.4, 0.5) is 0 Å². The van der Waals surface area contributed by atoms with Crippen LogP contribution in [0.5, 0.6) is 5.88 Å². The van der Waals surface area contributed by atoms with Crippen LogP contribution in [0.2, 0.25) is 0 Å². The Bertz CT molecular complexity index is 249. The molecule has 1 rings (SSSR count). The molecule has 0 unspecified atom stereocenters. The Morgan fingerprint density at radius 3 is 2.78 bits per heavy atom. The first-order valence-corrected chi connectivity index (χ1v) is 2.29. The van der Waals surface area contributed by atoms with Gasteiger partial charge in [0.25, 0.3) is 0 Å². The minimum absolute atomic E-state index is 0.234. The van der Waals surface area contributed by atoms with Crippen LogP contribution < -0.4 is 10.5 Å². The Hall–Kier alpha value is -1.39. The van der Waals surface area contributed by atoms with E-state index in [1.807, 2.05) is 0 Å². The van der Waals surface area contributed by atoms with Crippen molar-refractivity contribution in [3.63, 3.8) is 0 Å². The fourth-order valence-electron chi connectivity index (χ4n) is 0.524. The van der Waals surface area contributed by atoms with Gasteiger partial charge in [0.05, 0.1) is 6.20 Å². The topological polar surface area (TPSA) is 67.2 Å². The van der Waals surface area contributed by atoms with Gasteiger partial charge in [-0.15, -0.1) is 0 Å². The fraction of sp³-hybridized carbons (Fsp3) is 0.250. The van der Waals surface area contributed by atoms with Crippen molar-refractivity contribution in [2.45, 2.75) is 0 Å². The van der Waals surface area contributed by atoms with Gasteiger partial charge in [0.2, 0.25) is 5.88 Å². The van der Waals surface area contributed by atoms with Crippen LogP contribution in [-0.4, -0.2) is 21.9 Å². The predicted octanol–water partition coefficient (Wildman–Crippen LogP) is -1.06. The molecule has 0 aliphatic rings. The van der Waals surface area contributed by atoms with Gasteiger partial charge < -0.3 is 14.9 Å². The second kappa shape index (κ2) is 1.85. The zero-order valence-corrected chi connectivity index (χ0v) is 4.79. The SMILES string of the molecule is COn1c(O)c[nH]c1=O. The summed E-state index contributed by atoms with van der Waals surface area (Å²) in [7, 11) is 1.29. The molecule has 2 N–H and O–H groups in total. The molecule has 0 saturated heterocycles. The third-order valence-electron chi connectivity index (χ3n) is 0.900. The van der Waals surface area contributed by atoms with Gasteiger partial charge >= 0.3 is 5.69 Å². The van der Waals surface area contributed by atoms with Crippen molar-refractivity contribution in [3.8, 4) is 5.88 Å². The van der Waals surface area contributed by atoms with E-state index < -0.39 is 5.69 Å². The first-order valence-electron chi connectivity index (χ1n) is 2.29. The number of imidazole rings is 1. The molecule has 0 fully saturated rings. The fourth-order valence-corrected chi connectivity index (χ4v) is 0.524. The molecule has 5 heteroatoms. The lowest BCUT2D eigenvalue weighted by Gasteiger charge is -1.95. The van der Waals surface area contributed by atoms with Gasteiger partial charge in [0, 0.05) is 0 Å². The maximum absolute atomic E-state index is 10.5. The van der Waals surface area contributed by atoms with Crippen molar-refractivity contribution in [2.75, 3.05) is 7.11 Å². The van der Waals surface area contributed by atoms with Gasteiger partial charge in [-0.3, -0.25) is 0 Å². The highest BCUT2D eigenvalue weighted by Gasteiger charge is 2.00. The predicted molar refractivity (Wildman–Crippen MR) is 29.2 cm³/mol. The average Bonchev–Trinajstić information content (AvgIpc) is 2.12.